The molecule has 0 fully saturated rings. The van der Waals surface area contributed by atoms with Gasteiger partial charge in [-0.25, -0.2) is 8.78 Å². The van der Waals surface area contributed by atoms with Crippen LogP contribution in [0.1, 0.15) is 38.3 Å². The van der Waals surface area contributed by atoms with Crippen molar-refractivity contribution in [3.8, 4) is 0 Å². The van der Waals surface area contributed by atoms with E-state index in [1.807, 2.05) is 13.1 Å². The van der Waals surface area contributed by atoms with Crippen LogP contribution in [-0.2, 0) is 11.8 Å². The smallest absolute Gasteiger partial charge is 0.141 e. The Kier molecular flexibility index (Phi) is 7.09. The third kappa shape index (κ3) is 5.61. The van der Waals surface area contributed by atoms with Gasteiger partial charge in [0.05, 0.1) is 5.02 Å². The van der Waals surface area contributed by atoms with Crippen molar-refractivity contribution in [2.75, 3.05) is 0 Å². The first-order chi connectivity index (χ1) is 12.7. The van der Waals surface area contributed by atoms with E-state index in [4.69, 9.17) is 11.6 Å². The van der Waals surface area contributed by atoms with E-state index in [0.29, 0.717) is 0 Å². The molecule has 0 aromatic heterocycles. The molecule has 27 heavy (non-hydrogen) atoms. The molecule has 0 heterocycles. The Bertz CT molecular complexity index is 864. The maximum Gasteiger partial charge on any atom is 0.141 e. The van der Waals surface area contributed by atoms with Crippen LogP contribution in [0.2, 0.25) is 5.02 Å². The molecule has 2 rings (SSSR count). The van der Waals surface area contributed by atoms with Gasteiger partial charge in [-0.2, -0.15) is 0 Å². The zero-order valence-electron chi connectivity index (χ0n) is 15.9. The first-order valence-corrected chi connectivity index (χ1v) is 9.18. The van der Waals surface area contributed by atoms with Crippen LogP contribution in [0.25, 0.3) is 0 Å². The fraction of sp³-hybridized carbons (Fsp3) is 0.261. The maximum atomic E-state index is 13.6. The van der Waals surface area contributed by atoms with Crippen molar-refractivity contribution in [1.29, 1.82) is 0 Å². The van der Waals surface area contributed by atoms with Crippen molar-refractivity contribution in [2.45, 2.75) is 39.0 Å². The van der Waals surface area contributed by atoms with Gasteiger partial charge in [-0.15, -0.1) is 0 Å². The fourth-order valence-electron chi connectivity index (χ4n) is 2.77. The Morgan fingerprint density at radius 1 is 1.15 bits per heavy atom. The molecule has 0 saturated carbocycles. The molecule has 142 valence electrons. The van der Waals surface area contributed by atoms with Crippen LogP contribution in [-0.4, -0.2) is 5.71 Å². The molecular formula is C23H24ClF2N. The molecule has 0 aliphatic heterocycles. The number of aryl methyl sites for hydroxylation is 1. The van der Waals surface area contributed by atoms with E-state index in [1.165, 1.54) is 18.2 Å². The number of aliphatic imine (C=N–C) groups is 1. The molecular weight excluding hydrogens is 364 g/mol. The summed E-state index contributed by atoms with van der Waals surface area (Å²) in [5.74, 6) is -0.685. The molecule has 0 spiro atoms. The van der Waals surface area contributed by atoms with E-state index in [0.717, 1.165) is 35.3 Å². The molecule has 0 saturated heterocycles. The highest BCUT2D eigenvalue weighted by Gasteiger charge is 2.26. The van der Waals surface area contributed by atoms with Crippen molar-refractivity contribution in [2.24, 2.45) is 4.99 Å². The standard InChI is InChI=1S/C23H24ClF2N/c1-5-16(2)27-15-19(9-6-17-7-11-20(25)12-8-17)23(3,4)18-10-13-22(26)21(24)14-18/h5,7-8,10-15H,1,6,9H2,2-4H3/b19-15+,27-16?. The monoisotopic (exact) mass is 387 g/mol. The number of allylic oxidation sites excluding steroid dienone is 2. The van der Waals surface area contributed by atoms with Gasteiger partial charge in [0.15, 0.2) is 0 Å². The summed E-state index contributed by atoms with van der Waals surface area (Å²) in [4.78, 5) is 4.47. The summed E-state index contributed by atoms with van der Waals surface area (Å²) in [6, 6.07) is 11.3. The number of nitrogens with zero attached hydrogens (tertiary/aromatic N) is 1. The van der Waals surface area contributed by atoms with Gasteiger partial charge >= 0.3 is 0 Å². The fourth-order valence-corrected chi connectivity index (χ4v) is 2.95. The molecule has 1 nitrogen and oxygen atoms in total. The maximum absolute atomic E-state index is 13.6. The zero-order valence-corrected chi connectivity index (χ0v) is 16.7. The highest BCUT2D eigenvalue weighted by molar-refractivity contribution is 6.30. The molecule has 0 amide bonds. The van der Waals surface area contributed by atoms with Gasteiger partial charge < -0.3 is 0 Å². The highest BCUT2D eigenvalue weighted by atomic mass is 35.5. The van der Waals surface area contributed by atoms with Gasteiger partial charge in [-0.05, 0) is 66.8 Å². The van der Waals surface area contributed by atoms with E-state index in [1.54, 1.807) is 30.3 Å². The Morgan fingerprint density at radius 3 is 2.41 bits per heavy atom. The predicted molar refractivity (Wildman–Crippen MR) is 111 cm³/mol. The number of hydrogen-bond acceptors (Lipinski definition) is 1. The van der Waals surface area contributed by atoms with Crippen LogP contribution in [0.15, 0.2) is 71.9 Å². The number of hydrogen-bond donors (Lipinski definition) is 0. The van der Waals surface area contributed by atoms with Crippen LogP contribution in [0, 0.1) is 11.6 Å². The van der Waals surface area contributed by atoms with Crippen LogP contribution < -0.4 is 0 Å². The summed E-state index contributed by atoms with van der Waals surface area (Å²) in [7, 11) is 0. The Morgan fingerprint density at radius 2 is 1.81 bits per heavy atom. The Hall–Kier alpha value is -2.26. The number of rotatable bonds is 7. The van der Waals surface area contributed by atoms with Crippen molar-refractivity contribution < 1.29 is 8.78 Å². The number of benzene rings is 2. The van der Waals surface area contributed by atoms with Crippen LogP contribution >= 0.6 is 11.6 Å². The summed E-state index contributed by atoms with van der Waals surface area (Å²) >= 11 is 5.99. The second kappa shape index (κ2) is 9.09. The largest absolute Gasteiger partial charge is 0.262 e. The molecule has 0 bridgehead atoms. The average molecular weight is 388 g/mol. The molecule has 4 heteroatoms. The van der Waals surface area contributed by atoms with Gasteiger partial charge in [0.1, 0.15) is 11.6 Å². The SMILES string of the molecule is C=CC(C)=N/C=C(\CCc1ccc(F)cc1)C(C)(C)c1ccc(F)c(Cl)c1. The molecule has 0 aliphatic carbocycles. The van der Waals surface area contributed by atoms with E-state index >= 15 is 0 Å². The number of halogens is 3. The molecule has 2 aromatic rings. The summed E-state index contributed by atoms with van der Waals surface area (Å²) < 4.78 is 26.7. The third-order valence-corrected chi connectivity index (χ3v) is 5.05. The summed E-state index contributed by atoms with van der Waals surface area (Å²) in [5, 5.41) is 0.101. The zero-order chi connectivity index (χ0) is 20.0. The molecule has 0 unspecified atom stereocenters. The lowest BCUT2D eigenvalue weighted by Gasteiger charge is -2.29. The predicted octanol–water partition coefficient (Wildman–Crippen LogP) is 7.06. The van der Waals surface area contributed by atoms with Crippen molar-refractivity contribution in [3.63, 3.8) is 0 Å². The Balaban J connectivity index is 2.36. The van der Waals surface area contributed by atoms with E-state index in [2.05, 4.69) is 25.4 Å². The van der Waals surface area contributed by atoms with E-state index in [9.17, 15) is 8.78 Å². The summed E-state index contributed by atoms with van der Waals surface area (Å²) in [6.07, 6.45) is 5.00. The highest BCUT2D eigenvalue weighted by Crippen LogP contribution is 2.36. The van der Waals surface area contributed by atoms with Gasteiger partial charge in [0, 0.05) is 17.3 Å². The third-order valence-electron chi connectivity index (χ3n) is 4.76. The minimum Gasteiger partial charge on any atom is -0.262 e. The first kappa shape index (κ1) is 21.0. The van der Waals surface area contributed by atoms with Gasteiger partial charge in [0.2, 0.25) is 0 Å². The van der Waals surface area contributed by atoms with Gasteiger partial charge in [-0.3, -0.25) is 4.99 Å². The Labute approximate surface area is 165 Å². The lowest BCUT2D eigenvalue weighted by molar-refractivity contribution is 0.582. The minimum absolute atomic E-state index is 0.101. The van der Waals surface area contributed by atoms with Crippen molar-refractivity contribution in [1.82, 2.24) is 0 Å². The quantitative estimate of drug-likeness (QED) is 0.451. The molecule has 0 aliphatic rings. The summed E-state index contributed by atoms with van der Waals surface area (Å²) in [6.45, 7) is 9.73. The van der Waals surface area contributed by atoms with Gasteiger partial charge in [0.25, 0.3) is 0 Å². The average Bonchev–Trinajstić information content (AvgIpc) is 2.64. The van der Waals surface area contributed by atoms with E-state index < -0.39 is 11.2 Å². The van der Waals surface area contributed by atoms with E-state index in [-0.39, 0.29) is 10.8 Å². The van der Waals surface area contributed by atoms with Crippen LogP contribution in [0.3, 0.4) is 0 Å². The normalized spacial score (nSPS) is 13.0. The first-order valence-electron chi connectivity index (χ1n) is 8.80. The topological polar surface area (TPSA) is 12.4 Å². The van der Waals surface area contributed by atoms with Crippen molar-refractivity contribution in [3.05, 3.63) is 94.7 Å². The second-order valence-corrected chi connectivity index (χ2v) is 7.42. The lowest BCUT2D eigenvalue weighted by Crippen LogP contribution is -2.21. The van der Waals surface area contributed by atoms with Crippen molar-refractivity contribution >= 4 is 17.3 Å². The van der Waals surface area contributed by atoms with Gasteiger partial charge in [-0.1, -0.05) is 50.2 Å². The summed E-state index contributed by atoms with van der Waals surface area (Å²) in [5.41, 5.74) is 3.42. The van der Waals surface area contributed by atoms with Crippen LogP contribution in [0.4, 0.5) is 8.78 Å². The molecule has 0 N–H and O–H groups in total. The molecule has 0 radical (unpaired) electrons. The minimum atomic E-state index is -0.436. The molecule has 0 atom stereocenters. The van der Waals surface area contributed by atoms with Crippen LogP contribution in [0.5, 0.6) is 0 Å². The molecule has 2 aromatic carbocycles. The second-order valence-electron chi connectivity index (χ2n) is 7.01. The lowest BCUT2D eigenvalue weighted by atomic mass is 9.76.